The summed E-state index contributed by atoms with van der Waals surface area (Å²) in [6.45, 7) is 0. The lowest BCUT2D eigenvalue weighted by Crippen LogP contribution is -1.95. The van der Waals surface area contributed by atoms with Crippen LogP contribution in [0.1, 0.15) is 5.56 Å². The maximum atomic E-state index is 10.9. The van der Waals surface area contributed by atoms with Crippen LogP contribution in [0, 0.1) is 10.1 Å². The Morgan fingerprint density at radius 1 is 1.19 bits per heavy atom. The molecular formula is C14H10N4O2S. The van der Waals surface area contributed by atoms with Crippen molar-refractivity contribution in [2.24, 2.45) is 5.10 Å². The van der Waals surface area contributed by atoms with E-state index in [-0.39, 0.29) is 5.69 Å². The van der Waals surface area contributed by atoms with Gasteiger partial charge in [-0.05, 0) is 18.2 Å². The third-order valence-electron chi connectivity index (χ3n) is 2.79. The first-order valence-electron chi connectivity index (χ1n) is 6.12. The number of para-hydroxylation sites is 2. The number of thiazole rings is 1. The van der Waals surface area contributed by atoms with E-state index in [1.807, 2.05) is 24.3 Å². The summed E-state index contributed by atoms with van der Waals surface area (Å²) < 4.78 is 1.06. The minimum absolute atomic E-state index is 0.0207. The van der Waals surface area contributed by atoms with Crippen LogP contribution in [0.15, 0.2) is 53.6 Å². The highest BCUT2D eigenvalue weighted by Crippen LogP contribution is 2.25. The van der Waals surface area contributed by atoms with E-state index in [2.05, 4.69) is 15.5 Å². The van der Waals surface area contributed by atoms with Crippen molar-refractivity contribution < 1.29 is 4.92 Å². The number of nitrogens with zero attached hydrogens (tertiary/aromatic N) is 3. The van der Waals surface area contributed by atoms with Crippen LogP contribution in [-0.2, 0) is 0 Å². The van der Waals surface area contributed by atoms with Crippen LogP contribution in [0.5, 0.6) is 0 Å². The van der Waals surface area contributed by atoms with E-state index in [0.717, 1.165) is 10.2 Å². The molecule has 3 aromatic rings. The number of benzene rings is 2. The second kappa shape index (κ2) is 5.68. The van der Waals surface area contributed by atoms with Gasteiger partial charge < -0.3 is 0 Å². The zero-order valence-electron chi connectivity index (χ0n) is 10.8. The number of nitrogens with one attached hydrogen (secondary N) is 1. The Kier molecular flexibility index (Phi) is 3.57. The van der Waals surface area contributed by atoms with E-state index in [9.17, 15) is 10.1 Å². The monoisotopic (exact) mass is 298 g/mol. The van der Waals surface area contributed by atoms with Crippen LogP contribution in [0.3, 0.4) is 0 Å². The molecule has 0 aliphatic carbocycles. The standard InChI is InChI=1S/C14H10N4O2S/c19-18(20)12-7-3-1-5-10(12)9-15-17-14-16-11-6-2-4-8-13(11)21-14/h1-9H,(H,16,17). The number of hydrogen-bond acceptors (Lipinski definition) is 6. The van der Waals surface area contributed by atoms with E-state index in [4.69, 9.17) is 0 Å². The molecule has 6 nitrogen and oxygen atoms in total. The van der Waals surface area contributed by atoms with Crippen LogP contribution >= 0.6 is 11.3 Å². The molecule has 0 saturated carbocycles. The Morgan fingerprint density at radius 3 is 2.76 bits per heavy atom. The van der Waals surface area contributed by atoms with Crippen molar-refractivity contribution in [3.63, 3.8) is 0 Å². The molecule has 0 aliphatic rings. The van der Waals surface area contributed by atoms with E-state index in [1.165, 1.54) is 23.6 Å². The van der Waals surface area contributed by atoms with Crippen LogP contribution in [-0.4, -0.2) is 16.1 Å². The van der Waals surface area contributed by atoms with Crippen molar-refractivity contribution in [1.82, 2.24) is 4.98 Å². The van der Waals surface area contributed by atoms with Crippen molar-refractivity contribution >= 4 is 38.6 Å². The fourth-order valence-corrected chi connectivity index (χ4v) is 2.66. The smallest absolute Gasteiger partial charge is 0.258 e. The summed E-state index contributed by atoms with van der Waals surface area (Å²) >= 11 is 1.47. The lowest BCUT2D eigenvalue weighted by molar-refractivity contribution is -0.385. The number of hydrazone groups is 1. The molecule has 1 aromatic heterocycles. The third-order valence-corrected chi connectivity index (χ3v) is 3.73. The first-order chi connectivity index (χ1) is 10.2. The second-order valence-electron chi connectivity index (χ2n) is 4.17. The average molecular weight is 298 g/mol. The summed E-state index contributed by atoms with van der Waals surface area (Å²) in [5.74, 6) is 0. The number of anilines is 1. The van der Waals surface area contributed by atoms with Gasteiger partial charge in [-0.2, -0.15) is 5.10 Å². The Balaban J connectivity index is 1.79. The maximum absolute atomic E-state index is 10.9. The normalized spacial score (nSPS) is 11.0. The fourth-order valence-electron chi connectivity index (χ4n) is 1.84. The molecule has 0 amide bonds. The van der Waals surface area contributed by atoms with Crippen molar-refractivity contribution in [3.8, 4) is 0 Å². The quantitative estimate of drug-likeness (QED) is 0.453. The van der Waals surface area contributed by atoms with E-state index in [0.29, 0.717) is 10.7 Å². The predicted molar refractivity (Wildman–Crippen MR) is 83.9 cm³/mol. The van der Waals surface area contributed by atoms with Gasteiger partial charge in [0.05, 0.1) is 26.9 Å². The molecule has 1 heterocycles. The molecule has 0 radical (unpaired) electrons. The first kappa shape index (κ1) is 13.2. The Morgan fingerprint density at radius 2 is 1.95 bits per heavy atom. The largest absolute Gasteiger partial charge is 0.278 e. The molecule has 0 aliphatic heterocycles. The molecule has 21 heavy (non-hydrogen) atoms. The third kappa shape index (κ3) is 2.87. The highest BCUT2D eigenvalue weighted by Gasteiger charge is 2.09. The van der Waals surface area contributed by atoms with Gasteiger partial charge in [0, 0.05) is 6.07 Å². The topological polar surface area (TPSA) is 80.4 Å². The summed E-state index contributed by atoms with van der Waals surface area (Å²) in [5.41, 5.74) is 4.16. The molecule has 2 aromatic carbocycles. The molecule has 0 fully saturated rings. The number of fused-ring (bicyclic) bond motifs is 1. The minimum atomic E-state index is -0.432. The lowest BCUT2D eigenvalue weighted by atomic mass is 10.2. The van der Waals surface area contributed by atoms with E-state index in [1.54, 1.807) is 18.2 Å². The van der Waals surface area contributed by atoms with Gasteiger partial charge in [-0.25, -0.2) is 4.98 Å². The molecule has 7 heteroatoms. The van der Waals surface area contributed by atoms with Crippen LogP contribution in [0.25, 0.3) is 10.2 Å². The summed E-state index contributed by atoms with van der Waals surface area (Å²) in [4.78, 5) is 14.8. The lowest BCUT2D eigenvalue weighted by Gasteiger charge is -1.96. The van der Waals surface area contributed by atoms with Crippen molar-refractivity contribution in [2.75, 3.05) is 5.43 Å². The molecule has 0 saturated heterocycles. The number of nitro groups is 1. The Labute approximate surface area is 123 Å². The van der Waals surface area contributed by atoms with Crippen LogP contribution < -0.4 is 5.43 Å². The summed E-state index contributed by atoms with van der Waals surface area (Å²) in [7, 11) is 0. The minimum Gasteiger partial charge on any atom is -0.258 e. The zero-order valence-corrected chi connectivity index (χ0v) is 11.6. The van der Waals surface area contributed by atoms with Gasteiger partial charge in [-0.3, -0.25) is 15.5 Å². The van der Waals surface area contributed by atoms with Gasteiger partial charge in [0.1, 0.15) is 0 Å². The summed E-state index contributed by atoms with van der Waals surface area (Å²) in [6.07, 6.45) is 1.42. The average Bonchev–Trinajstić information content (AvgIpc) is 2.90. The molecule has 1 N–H and O–H groups in total. The number of aromatic nitrogens is 1. The Hall–Kier alpha value is -2.80. The fraction of sp³-hybridized carbons (Fsp3) is 0. The number of nitro benzene ring substituents is 1. The van der Waals surface area contributed by atoms with Gasteiger partial charge in [-0.15, -0.1) is 0 Å². The summed E-state index contributed by atoms with van der Waals surface area (Å²) in [5, 5.41) is 15.5. The highest BCUT2D eigenvalue weighted by molar-refractivity contribution is 7.22. The molecule has 0 atom stereocenters. The first-order valence-corrected chi connectivity index (χ1v) is 6.94. The van der Waals surface area contributed by atoms with E-state index >= 15 is 0 Å². The molecule has 0 spiro atoms. The molecular weight excluding hydrogens is 288 g/mol. The number of hydrogen-bond donors (Lipinski definition) is 1. The Bertz CT molecular complexity index is 795. The van der Waals surface area contributed by atoms with Crippen molar-refractivity contribution in [2.45, 2.75) is 0 Å². The zero-order chi connectivity index (χ0) is 14.7. The van der Waals surface area contributed by atoms with Gasteiger partial charge >= 0.3 is 0 Å². The SMILES string of the molecule is O=[N+]([O-])c1ccccc1C=NNc1nc2ccccc2s1. The molecule has 104 valence electrons. The molecule has 3 rings (SSSR count). The van der Waals surface area contributed by atoms with Crippen molar-refractivity contribution in [3.05, 3.63) is 64.2 Å². The van der Waals surface area contributed by atoms with Gasteiger partial charge in [0.15, 0.2) is 0 Å². The van der Waals surface area contributed by atoms with Gasteiger partial charge in [0.25, 0.3) is 5.69 Å². The predicted octanol–water partition coefficient (Wildman–Crippen LogP) is 3.65. The van der Waals surface area contributed by atoms with E-state index < -0.39 is 4.92 Å². The van der Waals surface area contributed by atoms with Crippen molar-refractivity contribution in [1.29, 1.82) is 0 Å². The van der Waals surface area contributed by atoms with Gasteiger partial charge in [0.2, 0.25) is 5.13 Å². The second-order valence-corrected chi connectivity index (χ2v) is 5.20. The molecule has 0 bridgehead atoms. The molecule has 0 unspecified atom stereocenters. The van der Waals surface area contributed by atoms with Gasteiger partial charge in [-0.1, -0.05) is 35.6 Å². The number of rotatable bonds is 4. The van der Waals surface area contributed by atoms with Crippen LogP contribution in [0.4, 0.5) is 10.8 Å². The maximum Gasteiger partial charge on any atom is 0.278 e. The highest BCUT2D eigenvalue weighted by atomic mass is 32.1. The summed E-state index contributed by atoms with van der Waals surface area (Å²) in [6, 6.07) is 14.2. The van der Waals surface area contributed by atoms with Crippen LogP contribution in [0.2, 0.25) is 0 Å².